The van der Waals surface area contributed by atoms with Gasteiger partial charge >= 0.3 is 0 Å². The van der Waals surface area contributed by atoms with Crippen molar-refractivity contribution in [1.82, 2.24) is 4.98 Å². The molecule has 23 heavy (non-hydrogen) atoms. The van der Waals surface area contributed by atoms with Crippen molar-refractivity contribution in [2.45, 2.75) is 19.4 Å². The van der Waals surface area contributed by atoms with E-state index in [-0.39, 0.29) is 17.8 Å². The van der Waals surface area contributed by atoms with E-state index >= 15 is 0 Å². The number of aryl methyl sites for hydroxylation is 1. The molecule has 1 saturated heterocycles. The first-order valence-electron chi connectivity index (χ1n) is 7.40. The van der Waals surface area contributed by atoms with E-state index in [0.717, 1.165) is 17.9 Å². The Balaban J connectivity index is 1.63. The molecule has 0 aliphatic carbocycles. The normalized spacial score (nSPS) is 17.0. The molecule has 0 spiro atoms. The molecular formula is C17H17FN2O2S. The second-order valence-corrected chi connectivity index (χ2v) is 6.56. The SMILES string of the molecule is Cc1ccc(NC(=O)c2ccc(OC3CCSC3)nc2)cc1F. The number of carbonyl (C=O) groups is 1. The summed E-state index contributed by atoms with van der Waals surface area (Å²) in [6.45, 7) is 1.67. The van der Waals surface area contributed by atoms with E-state index < -0.39 is 0 Å². The Morgan fingerprint density at radius 2 is 2.26 bits per heavy atom. The van der Waals surface area contributed by atoms with Gasteiger partial charge in [-0.3, -0.25) is 4.79 Å². The molecule has 0 bridgehead atoms. The molecule has 1 unspecified atom stereocenters. The largest absolute Gasteiger partial charge is 0.473 e. The average molecular weight is 332 g/mol. The monoisotopic (exact) mass is 332 g/mol. The van der Waals surface area contributed by atoms with Gasteiger partial charge in [0.1, 0.15) is 11.9 Å². The van der Waals surface area contributed by atoms with Gasteiger partial charge in [-0.15, -0.1) is 0 Å². The number of thioether (sulfide) groups is 1. The van der Waals surface area contributed by atoms with E-state index in [1.807, 2.05) is 11.8 Å². The topological polar surface area (TPSA) is 51.2 Å². The van der Waals surface area contributed by atoms with Gasteiger partial charge in [-0.25, -0.2) is 9.37 Å². The van der Waals surface area contributed by atoms with Crippen LogP contribution in [-0.2, 0) is 0 Å². The first kappa shape index (κ1) is 15.8. The minimum absolute atomic E-state index is 0.197. The molecule has 3 rings (SSSR count). The number of anilines is 1. The Labute approximate surface area is 138 Å². The van der Waals surface area contributed by atoms with Crippen molar-refractivity contribution in [3.05, 3.63) is 53.5 Å². The van der Waals surface area contributed by atoms with E-state index in [0.29, 0.717) is 22.7 Å². The molecule has 120 valence electrons. The van der Waals surface area contributed by atoms with Crippen LogP contribution in [0.5, 0.6) is 5.88 Å². The van der Waals surface area contributed by atoms with Crippen LogP contribution in [0.4, 0.5) is 10.1 Å². The molecular weight excluding hydrogens is 315 g/mol. The lowest BCUT2D eigenvalue weighted by Gasteiger charge is -2.11. The van der Waals surface area contributed by atoms with E-state index in [1.54, 1.807) is 31.2 Å². The molecule has 1 aliphatic rings. The third-order valence-electron chi connectivity index (χ3n) is 3.60. The van der Waals surface area contributed by atoms with Crippen LogP contribution in [-0.4, -0.2) is 28.5 Å². The van der Waals surface area contributed by atoms with Gasteiger partial charge in [0.15, 0.2) is 0 Å². The van der Waals surface area contributed by atoms with E-state index in [1.165, 1.54) is 12.3 Å². The summed E-state index contributed by atoms with van der Waals surface area (Å²) in [5, 5.41) is 2.66. The third kappa shape index (κ3) is 4.01. The van der Waals surface area contributed by atoms with Gasteiger partial charge in [0.25, 0.3) is 5.91 Å². The second-order valence-electron chi connectivity index (χ2n) is 5.41. The highest BCUT2D eigenvalue weighted by molar-refractivity contribution is 7.99. The van der Waals surface area contributed by atoms with Gasteiger partial charge in [-0.05, 0) is 42.9 Å². The van der Waals surface area contributed by atoms with Gasteiger partial charge < -0.3 is 10.1 Å². The summed E-state index contributed by atoms with van der Waals surface area (Å²) in [4.78, 5) is 16.3. The zero-order valence-corrected chi connectivity index (χ0v) is 13.5. The maximum atomic E-state index is 13.5. The van der Waals surface area contributed by atoms with Gasteiger partial charge in [0.05, 0.1) is 5.56 Å². The molecule has 2 heterocycles. The molecule has 0 saturated carbocycles. The van der Waals surface area contributed by atoms with Crippen LogP contribution >= 0.6 is 11.8 Å². The Bertz CT molecular complexity index is 700. The number of amides is 1. The molecule has 1 N–H and O–H groups in total. The van der Waals surface area contributed by atoms with Crippen molar-refractivity contribution >= 4 is 23.4 Å². The summed E-state index contributed by atoms with van der Waals surface area (Å²) >= 11 is 1.87. The molecule has 1 fully saturated rings. The molecule has 4 nitrogen and oxygen atoms in total. The fraction of sp³-hybridized carbons (Fsp3) is 0.294. The highest BCUT2D eigenvalue weighted by Crippen LogP contribution is 2.22. The number of hydrogen-bond donors (Lipinski definition) is 1. The molecule has 6 heteroatoms. The minimum atomic E-state index is -0.348. The summed E-state index contributed by atoms with van der Waals surface area (Å²) in [5.74, 6) is 1.93. The maximum Gasteiger partial charge on any atom is 0.257 e. The molecule has 0 radical (unpaired) electrons. The Hall–Kier alpha value is -2.08. The lowest BCUT2D eigenvalue weighted by atomic mass is 10.2. The summed E-state index contributed by atoms with van der Waals surface area (Å²) in [5.41, 5.74) is 1.36. The lowest BCUT2D eigenvalue weighted by molar-refractivity contribution is 0.102. The highest BCUT2D eigenvalue weighted by atomic mass is 32.2. The van der Waals surface area contributed by atoms with Crippen LogP contribution in [0, 0.1) is 12.7 Å². The van der Waals surface area contributed by atoms with Crippen LogP contribution in [0.2, 0.25) is 0 Å². The quantitative estimate of drug-likeness (QED) is 0.928. The number of halogens is 1. The average Bonchev–Trinajstić information content (AvgIpc) is 3.04. The van der Waals surface area contributed by atoms with E-state index in [2.05, 4.69) is 10.3 Å². The minimum Gasteiger partial charge on any atom is -0.473 e. The van der Waals surface area contributed by atoms with Crippen molar-refractivity contribution in [3.8, 4) is 5.88 Å². The molecule has 1 aromatic heterocycles. The van der Waals surface area contributed by atoms with Crippen LogP contribution in [0.1, 0.15) is 22.3 Å². The predicted molar refractivity (Wildman–Crippen MR) is 89.7 cm³/mol. The van der Waals surface area contributed by atoms with Gasteiger partial charge in [0, 0.05) is 23.7 Å². The molecule has 1 atom stereocenters. The lowest BCUT2D eigenvalue weighted by Crippen LogP contribution is -2.16. The van der Waals surface area contributed by atoms with Crippen LogP contribution in [0.3, 0.4) is 0 Å². The summed E-state index contributed by atoms with van der Waals surface area (Å²) in [7, 11) is 0. The van der Waals surface area contributed by atoms with Crippen molar-refractivity contribution in [1.29, 1.82) is 0 Å². The second kappa shape index (κ2) is 7.00. The molecule has 1 aromatic carbocycles. The predicted octanol–water partition coefficient (Wildman–Crippen LogP) is 3.67. The zero-order valence-electron chi connectivity index (χ0n) is 12.7. The summed E-state index contributed by atoms with van der Waals surface area (Å²) < 4.78 is 19.2. The number of ether oxygens (including phenoxy) is 1. The first-order valence-corrected chi connectivity index (χ1v) is 8.55. The number of carbonyl (C=O) groups excluding carboxylic acids is 1. The molecule has 1 aliphatic heterocycles. The number of pyridine rings is 1. The zero-order chi connectivity index (χ0) is 16.2. The number of benzene rings is 1. The summed E-state index contributed by atoms with van der Waals surface area (Å²) in [6, 6.07) is 7.94. The van der Waals surface area contributed by atoms with Crippen molar-refractivity contribution < 1.29 is 13.9 Å². The fourth-order valence-corrected chi connectivity index (χ4v) is 3.33. The number of nitrogens with zero attached hydrogens (tertiary/aromatic N) is 1. The van der Waals surface area contributed by atoms with Gasteiger partial charge in [0.2, 0.25) is 5.88 Å². The molecule has 2 aromatic rings. The number of hydrogen-bond acceptors (Lipinski definition) is 4. The standard InChI is InChI=1S/C17H17FN2O2S/c1-11-2-4-13(8-15(11)18)20-17(21)12-3-5-16(19-9-12)22-14-6-7-23-10-14/h2-5,8-9,14H,6-7,10H2,1H3,(H,20,21). The number of aromatic nitrogens is 1. The van der Waals surface area contributed by atoms with Crippen LogP contribution in [0.25, 0.3) is 0 Å². The van der Waals surface area contributed by atoms with Crippen LogP contribution < -0.4 is 10.1 Å². The first-order chi connectivity index (χ1) is 11.1. The Morgan fingerprint density at radius 3 is 2.91 bits per heavy atom. The smallest absolute Gasteiger partial charge is 0.257 e. The number of rotatable bonds is 4. The van der Waals surface area contributed by atoms with Crippen molar-refractivity contribution in [3.63, 3.8) is 0 Å². The van der Waals surface area contributed by atoms with Gasteiger partial charge in [-0.2, -0.15) is 11.8 Å². The van der Waals surface area contributed by atoms with E-state index in [9.17, 15) is 9.18 Å². The Morgan fingerprint density at radius 1 is 1.39 bits per heavy atom. The van der Waals surface area contributed by atoms with Crippen molar-refractivity contribution in [2.24, 2.45) is 0 Å². The number of nitrogens with one attached hydrogen (secondary N) is 1. The fourth-order valence-electron chi connectivity index (χ4n) is 2.23. The van der Waals surface area contributed by atoms with Crippen molar-refractivity contribution in [2.75, 3.05) is 16.8 Å². The maximum absolute atomic E-state index is 13.5. The Kier molecular flexibility index (Phi) is 4.81. The summed E-state index contributed by atoms with van der Waals surface area (Å²) in [6.07, 6.45) is 2.69. The highest BCUT2D eigenvalue weighted by Gasteiger charge is 2.17. The van der Waals surface area contributed by atoms with Gasteiger partial charge in [-0.1, -0.05) is 6.07 Å². The third-order valence-corrected chi connectivity index (χ3v) is 4.74. The van der Waals surface area contributed by atoms with Crippen LogP contribution in [0.15, 0.2) is 36.5 Å². The molecule has 1 amide bonds. The van der Waals surface area contributed by atoms with E-state index in [4.69, 9.17) is 4.74 Å².